The summed E-state index contributed by atoms with van der Waals surface area (Å²) in [5.41, 5.74) is -1.32. The van der Waals surface area contributed by atoms with Crippen molar-refractivity contribution in [3.05, 3.63) is 0 Å². The predicted molar refractivity (Wildman–Crippen MR) is 78.0 cm³/mol. The summed E-state index contributed by atoms with van der Waals surface area (Å²) in [6.07, 6.45) is 0.520. The number of esters is 1. The van der Waals surface area contributed by atoms with Gasteiger partial charge in [-0.15, -0.1) is 0 Å². The molecule has 122 valence electrons. The first-order valence-electron chi connectivity index (χ1n) is 7.21. The summed E-state index contributed by atoms with van der Waals surface area (Å²) in [6, 6.07) is -0.834. The molecule has 0 aromatic heterocycles. The number of carboxylic acid groups (broad SMARTS) is 1. The maximum Gasteiger partial charge on any atom is 0.329 e. The van der Waals surface area contributed by atoms with Gasteiger partial charge in [-0.2, -0.15) is 0 Å². The zero-order valence-corrected chi connectivity index (χ0v) is 13.4. The third-order valence-electron chi connectivity index (χ3n) is 3.45. The molecule has 7 nitrogen and oxygen atoms in total. The SMILES string of the molecule is CCOC(=O)CN(C(=O)NC(CC)(CC)C(=O)O)C(C)C. The molecule has 0 aliphatic heterocycles. The van der Waals surface area contributed by atoms with E-state index in [2.05, 4.69) is 5.32 Å². The number of rotatable bonds is 8. The number of hydrogen-bond donors (Lipinski definition) is 2. The van der Waals surface area contributed by atoms with E-state index in [1.54, 1.807) is 34.6 Å². The van der Waals surface area contributed by atoms with E-state index in [1.807, 2.05) is 0 Å². The summed E-state index contributed by atoms with van der Waals surface area (Å²) in [5, 5.41) is 11.9. The van der Waals surface area contributed by atoms with E-state index in [9.17, 15) is 19.5 Å². The second-order valence-electron chi connectivity index (χ2n) is 5.05. The quantitative estimate of drug-likeness (QED) is 0.664. The average Bonchev–Trinajstić information content (AvgIpc) is 2.41. The molecule has 2 amide bonds. The number of hydrogen-bond acceptors (Lipinski definition) is 4. The molecule has 0 atom stereocenters. The van der Waals surface area contributed by atoms with Gasteiger partial charge >= 0.3 is 18.0 Å². The summed E-state index contributed by atoms with van der Waals surface area (Å²) in [4.78, 5) is 36.5. The van der Waals surface area contributed by atoms with Crippen LogP contribution in [0.5, 0.6) is 0 Å². The Morgan fingerprint density at radius 2 is 1.71 bits per heavy atom. The van der Waals surface area contributed by atoms with Crippen LogP contribution in [0.1, 0.15) is 47.5 Å². The van der Waals surface area contributed by atoms with Crippen molar-refractivity contribution in [2.45, 2.75) is 59.0 Å². The van der Waals surface area contributed by atoms with Gasteiger partial charge in [0.15, 0.2) is 0 Å². The van der Waals surface area contributed by atoms with Gasteiger partial charge in [0.2, 0.25) is 0 Å². The molecule has 0 fully saturated rings. The lowest BCUT2D eigenvalue weighted by Crippen LogP contribution is -2.59. The number of nitrogens with one attached hydrogen (secondary N) is 1. The fourth-order valence-corrected chi connectivity index (χ4v) is 1.89. The van der Waals surface area contributed by atoms with E-state index < -0.39 is 23.5 Å². The number of amides is 2. The van der Waals surface area contributed by atoms with Gasteiger partial charge in [-0.05, 0) is 33.6 Å². The number of carbonyl (C=O) groups is 3. The zero-order valence-electron chi connectivity index (χ0n) is 13.4. The molecule has 0 aromatic rings. The number of nitrogens with zero attached hydrogens (tertiary/aromatic N) is 1. The van der Waals surface area contributed by atoms with Crippen LogP contribution in [0.25, 0.3) is 0 Å². The van der Waals surface area contributed by atoms with Crippen LogP contribution in [0.3, 0.4) is 0 Å². The maximum absolute atomic E-state index is 12.3. The molecule has 0 radical (unpaired) electrons. The Bertz CT molecular complexity index is 378. The highest BCUT2D eigenvalue weighted by atomic mass is 16.5. The Hall–Kier alpha value is -1.79. The van der Waals surface area contributed by atoms with E-state index in [0.29, 0.717) is 0 Å². The van der Waals surface area contributed by atoms with Gasteiger partial charge < -0.3 is 20.1 Å². The molecule has 0 spiro atoms. The fraction of sp³-hybridized carbons (Fsp3) is 0.786. The molecular formula is C14H26N2O5. The van der Waals surface area contributed by atoms with Crippen molar-refractivity contribution in [2.75, 3.05) is 13.2 Å². The van der Waals surface area contributed by atoms with Crippen molar-refractivity contribution < 1.29 is 24.2 Å². The highest BCUT2D eigenvalue weighted by molar-refractivity contribution is 5.88. The van der Waals surface area contributed by atoms with E-state index in [1.165, 1.54) is 4.90 Å². The molecule has 0 aromatic carbocycles. The van der Waals surface area contributed by atoms with Gasteiger partial charge in [-0.1, -0.05) is 13.8 Å². The molecule has 0 saturated carbocycles. The second kappa shape index (κ2) is 8.49. The summed E-state index contributed by atoms with van der Waals surface area (Å²) >= 11 is 0. The lowest BCUT2D eigenvalue weighted by Gasteiger charge is -2.33. The molecule has 0 aliphatic rings. The monoisotopic (exact) mass is 302 g/mol. The minimum atomic E-state index is -1.32. The molecule has 0 saturated heterocycles. The smallest absolute Gasteiger partial charge is 0.329 e. The van der Waals surface area contributed by atoms with Crippen molar-refractivity contribution in [1.29, 1.82) is 0 Å². The second-order valence-corrected chi connectivity index (χ2v) is 5.05. The first kappa shape index (κ1) is 19.2. The topological polar surface area (TPSA) is 95.9 Å². The van der Waals surface area contributed by atoms with Crippen molar-refractivity contribution >= 4 is 18.0 Å². The van der Waals surface area contributed by atoms with Crippen LogP contribution >= 0.6 is 0 Å². The molecule has 7 heteroatoms. The number of urea groups is 1. The van der Waals surface area contributed by atoms with Crippen LogP contribution in [0.4, 0.5) is 4.79 Å². The third-order valence-corrected chi connectivity index (χ3v) is 3.45. The Kier molecular flexibility index (Phi) is 7.76. The van der Waals surface area contributed by atoms with Gasteiger partial charge in [0.05, 0.1) is 6.61 Å². The lowest BCUT2D eigenvalue weighted by atomic mass is 9.93. The number of carbonyl (C=O) groups excluding carboxylic acids is 2. The minimum absolute atomic E-state index is 0.208. The Morgan fingerprint density at radius 3 is 2.05 bits per heavy atom. The summed E-state index contributed by atoms with van der Waals surface area (Å²) in [6.45, 7) is 8.60. The lowest BCUT2D eigenvalue weighted by molar-refractivity contribution is -0.144. The van der Waals surface area contributed by atoms with E-state index in [4.69, 9.17) is 4.74 Å². The molecule has 0 bridgehead atoms. The molecular weight excluding hydrogens is 276 g/mol. The normalized spacial score (nSPS) is 11.1. The average molecular weight is 302 g/mol. The first-order valence-corrected chi connectivity index (χ1v) is 7.21. The zero-order chi connectivity index (χ0) is 16.6. The van der Waals surface area contributed by atoms with Gasteiger partial charge in [0.1, 0.15) is 12.1 Å². The summed E-state index contributed by atoms with van der Waals surface area (Å²) < 4.78 is 4.83. The van der Waals surface area contributed by atoms with E-state index in [0.717, 1.165) is 0 Å². The van der Waals surface area contributed by atoms with Crippen LogP contribution in [0.2, 0.25) is 0 Å². The van der Waals surface area contributed by atoms with Crippen LogP contribution in [-0.2, 0) is 14.3 Å². The third kappa shape index (κ3) is 5.24. The van der Waals surface area contributed by atoms with Crippen LogP contribution in [0, 0.1) is 0 Å². The molecule has 0 rings (SSSR count). The fourth-order valence-electron chi connectivity index (χ4n) is 1.89. The molecule has 21 heavy (non-hydrogen) atoms. The summed E-state index contributed by atoms with van der Waals surface area (Å²) in [5.74, 6) is -1.60. The van der Waals surface area contributed by atoms with Gasteiger partial charge in [0.25, 0.3) is 0 Å². The molecule has 0 unspecified atom stereocenters. The molecule has 0 aliphatic carbocycles. The van der Waals surface area contributed by atoms with Crippen LogP contribution < -0.4 is 5.32 Å². The van der Waals surface area contributed by atoms with Crippen LogP contribution in [0.15, 0.2) is 0 Å². The van der Waals surface area contributed by atoms with Crippen molar-refractivity contribution in [3.63, 3.8) is 0 Å². The standard InChI is InChI=1S/C14H26N2O5/c1-6-14(7-2,12(18)19)15-13(20)16(10(4)5)9-11(17)21-8-3/h10H,6-9H2,1-5H3,(H,15,20)(H,18,19). The van der Waals surface area contributed by atoms with E-state index in [-0.39, 0.29) is 32.0 Å². The van der Waals surface area contributed by atoms with Crippen molar-refractivity contribution in [2.24, 2.45) is 0 Å². The number of ether oxygens (including phenoxy) is 1. The summed E-state index contributed by atoms with van der Waals surface area (Å²) in [7, 11) is 0. The number of carboxylic acids is 1. The highest BCUT2D eigenvalue weighted by Crippen LogP contribution is 2.16. The first-order chi connectivity index (χ1) is 9.73. The van der Waals surface area contributed by atoms with Gasteiger partial charge in [-0.25, -0.2) is 9.59 Å². The van der Waals surface area contributed by atoms with Crippen LogP contribution in [-0.4, -0.2) is 52.7 Å². The Morgan fingerprint density at radius 1 is 1.19 bits per heavy atom. The minimum Gasteiger partial charge on any atom is -0.480 e. The number of aliphatic carboxylic acids is 1. The highest BCUT2D eigenvalue weighted by Gasteiger charge is 2.38. The Labute approximate surface area is 125 Å². The van der Waals surface area contributed by atoms with Crippen molar-refractivity contribution in [1.82, 2.24) is 10.2 Å². The van der Waals surface area contributed by atoms with Gasteiger partial charge in [0, 0.05) is 6.04 Å². The van der Waals surface area contributed by atoms with Crippen molar-refractivity contribution in [3.8, 4) is 0 Å². The maximum atomic E-state index is 12.3. The van der Waals surface area contributed by atoms with E-state index >= 15 is 0 Å². The molecule has 2 N–H and O–H groups in total. The largest absolute Gasteiger partial charge is 0.480 e. The molecule has 0 heterocycles. The predicted octanol–water partition coefficient (Wildman–Crippen LogP) is 1.61. The Balaban J connectivity index is 5.05. The van der Waals surface area contributed by atoms with Gasteiger partial charge in [-0.3, -0.25) is 4.79 Å².